The number of amides is 3. The first kappa shape index (κ1) is 25.7. The predicted octanol–water partition coefficient (Wildman–Crippen LogP) is 4.36. The Morgan fingerprint density at radius 3 is 2.57 bits per heavy atom. The van der Waals surface area contributed by atoms with Gasteiger partial charge in [-0.1, -0.05) is 20.8 Å². The summed E-state index contributed by atoms with van der Waals surface area (Å²) < 4.78 is 5.17. The fourth-order valence-electron chi connectivity index (χ4n) is 6.42. The number of carbonyl (C=O) groups excluding carboxylic acids is 3. The zero-order chi connectivity index (χ0) is 26.4. The summed E-state index contributed by atoms with van der Waals surface area (Å²) in [6, 6.07) is 7.30. The summed E-state index contributed by atoms with van der Waals surface area (Å²) in [5.74, 6) is 0.332. The number of rotatable bonds is 8. The van der Waals surface area contributed by atoms with Crippen LogP contribution in [0.1, 0.15) is 68.9 Å². The van der Waals surface area contributed by atoms with Crippen LogP contribution in [-0.2, 0) is 16.0 Å². The number of nitrogens with zero attached hydrogens (tertiary/aromatic N) is 3. The van der Waals surface area contributed by atoms with E-state index in [-0.39, 0.29) is 47.6 Å². The van der Waals surface area contributed by atoms with E-state index < -0.39 is 0 Å². The topological polar surface area (TPSA) is 91.8 Å². The molecular formula is C28H36N4O4S. The highest BCUT2D eigenvalue weighted by Crippen LogP contribution is 2.52. The van der Waals surface area contributed by atoms with Crippen LogP contribution >= 0.6 is 11.3 Å². The Balaban J connectivity index is 1.17. The normalized spacial score (nSPS) is 24.0. The second kappa shape index (κ2) is 9.74. The molecule has 0 radical (unpaired) electrons. The fraction of sp³-hybridized carbons (Fsp3) is 0.571. The molecule has 1 aliphatic heterocycles. The second-order valence-corrected chi connectivity index (χ2v) is 12.9. The Morgan fingerprint density at radius 2 is 1.89 bits per heavy atom. The van der Waals surface area contributed by atoms with Crippen LogP contribution in [0.25, 0.3) is 0 Å². The van der Waals surface area contributed by atoms with Gasteiger partial charge in [0.05, 0.1) is 19.2 Å². The van der Waals surface area contributed by atoms with Gasteiger partial charge in [-0.2, -0.15) is 0 Å². The maximum atomic E-state index is 13.2. The Kier molecular flexibility index (Phi) is 6.77. The van der Waals surface area contributed by atoms with Crippen molar-refractivity contribution < 1.29 is 19.1 Å². The zero-order valence-electron chi connectivity index (χ0n) is 22.1. The van der Waals surface area contributed by atoms with Crippen molar-refractivity contribution in [3.63, 3.8) is 0 Å². The van der Waals surface area contributed by atoms with Crippen LogP contribution in [0.15, 0.2) is 29.6 Å². The van der Waals surface area contributed by atoms with E-state index in [1.807, 2.05) is 5.38 Å². The minimum absolute atomic E-state index is 0.0345. The first-order valence-electron chi connectivity index (χ1n) is 13.0. The Labute approximate surface area is 222 Å². The maximum absolute atomic E-state index is 13.2. The van der Waals surface area contributed by atoms with E-state index in [0.29, 0.717) is 28.2 Å². The average Bonchev–Trinajstić information content (AvgIpc) is 3.53. The van der Waals surface area contributed by atoms with Crippen LogP contribution in [0, 0.1) is 10.8 Å². The van der Waals surface area contributed by atoms with E-state index in [0.717, 1.165) is 38.6 Å². The first-order valence-corrected chi connectivity index (χ1v) is 13.9. The Morgan fingerprint density at radius 1 is 1.16 bits per heavy atom. The lowest BCUT2D eigenvalue weighted by Gasteiger charge is -2.39. The zero-order valence-corrected chi connectivity index (χ0v) is 22.9. The molecule has 8 nitrogen and oxygen atoms in total. The van der Waals surface area contributed by atoms with Gasteiger partial charge >= 0.3 is 0 Å². The van der Waals surface area contributed by atoms with E-state index in [2.05, 4.69) is 36.0 Å². The molecule has 0 spiro atoms. The summed E-state index contributed by atoms with van der Waals surface area (Å²) in [6.45, 7) is 7.68. The van der Waals surface area contributed by atoms with Crippen molar-refractivity contribution in [2.24, 2.45) is 10.8 Å². The van der Waals surface area contributed by atoms with Gasteiger partial charge in [-0.3, -0.25) is 14.4 Å². The number of ether oxygens (including phenoxy) is 1. The van der Waals surface area contributed by atoms with Crippen LogP contribution in [0.2, 0.25) is 0 Å². The quantitative estimate of drug-likeness (QED) is 0.554. The summed E-state index contributed by atoms with van der Waals surface area (Å²) in [7, 11) is 1.58. The third-order valence-electron chi connectivity index (χ3n) is 7.77. The van der Waals surface area contributed by atoms with Gasteiger partial charge in [-0.05, 0) is 67.2 Å². The molecule has 2 saturated carbocycles. The number of carbonyl (C=O) groups is 3. The highest BCUT2D eigenvalue weighted by atomic mass is 32.1. The van der Waals surface area contributed by atoms with Crippen molar-refractivity contribution >= 4 is 34.2 Å². The number of anilines is 1. The number of hydrogen-bond acceptors (Lipinski definition) is 6. The third kappa shape index (κ3) is 5.81. The van der Waals surface area contributed by atoms with Crippen LogP contribution in [0.4, 0.5) is 5.13 Å². The number of fused-ring (bicyclic) bond motifs is 2. The molecule has 5 rings (SSSR count). The second-order valence-electron chi connectivity index (χ2n) is 12.0. The molecule has 37 heavy (non-hydrogen) atoms. The van der Waals surface area contributed by atoms with Crippen molar-refractivity contribution in [3.05, 3.63) is 40.9 Å². The van der Waals surface area contributed by atoms with Crippen LogP contribution < -0.4 is 10.1 Å². The van der Waals surface area contributed by atoms with Crippen LogP contribution in [0.3, 0.4) is 0 Å². The number of benzene rings is 1. The van der Waals surface area contributed by atoms with Crippen molar-refractivity contribution in [3.8, 4) is 5.75 Å². The summed E-state index contributed by atoms with van der Waals surface area (Å²) in [6.07, 6.45) is 5.29. The standard InChI is InChI=1S/C28H36N4O4S/c1-27(2)12-21-13-28(3,16-27)17-32(21)24(34)11-19-15-37-26(29-19)30-23(33)14-31(20-7-8-20)25(35)18-5-9-22(36-4)10-6-18/h5-6,9-10,15,20-21H,7-8,11-14,16-17H2,1-4H3,(H,29,30,33). The van der Waals surface area contributed by atoms with Gasteiger partial charge in [0.2, 0.25) is 11.8 Å². The lowest BCUT2D eigenvalue weighted by atomic mass is 9.65. The molecule has 2 aliphatic carbocycles. The largest absolute Gasteiger partial charge is 0.497 e. The van der Waals surface area contributed by atoms with Gasteiger partial charge in [-0.25, -0.2) is 4.98 Å². The lowest BCUT2D eigenvalue weighted by Crippen LogP contribution is -2.39. The van der Waals surface area contributed by atoms with Crippen LogP contribution in [-0.4, -0.2) is 64.8 Å². The Bertz CT molecular complexity index is 1190. The van der Waals surface area contributed by atoms with Gasteiger partial charge in [0.15, 0.2) is 5.13 Å². The predicted molar refractivity (Wildman–Crippen MR) is 143 cm³/mol. The summed E-state index contributed by atoms with van der Waals surface area (Å²) in [5, 5.41) is 5.11. The van der Waals surface area contributed by atoms with Crippen molar-refractivity contribution in [2.45, 2.75) is 71.4 Å². The molecule has 1 saturated heterocycles. The van der Waals surface area contributed by atoms with E-state index in [4.69, 9.17) is 4.74 Å². The molecule has 2 heterocycles. The minimum atomic E-state index is -0.288. The molecule has 2 unspecified atom stereocenters. The summed E-state index contributed by atoms with van der Waals surface area (Å²) >= 11 is 1.31. The number of aromatic nitrogens is 1. The molecular weight excluding hydrogens is 488 g/mol. The molecule has 1 aromatic carbocycles. The molecule has 2 atom stereocenters. The van der Waals surface area contributed by atoms with E-state index in [1.165, 1.54) is 11.3 Å². The molecule has 2 bridgehead atoms. The fourth-order valence-corrected chi connectivity index (χ4v) is 7.15. The molecule has 1 aromatic heterocycles. The van der Waals surface area contributed by atoms with Gasteiger partial charge in [0, 0.05) is 29.6 Å². The Hall–Kier alpha value is -2.94. The number of likely N-dealkylation sites (tertiary alicyclic amines) is 1. The van der Waals surface area contributed by atoms with Gasteiger partial charge < -0.3 is 19.9 Å². The van der Waals surface area contributed by atoms with Crippen molar-refractivity contribution in [2.75, 3.05) is 25.5 Å². The molecule has 2 aromatic rings. The first-order chi connectivity index (χ1) is 17.5. The number of methoxy groups -OCH3 is 1. The number of nitrogens with one attached hydrogen (secondary N) is 1. The maximum Gasteiger partial charge on any atom is 0.254 e. The van der Waals surface area contributed by atoms with Gasteiger partial charge in [0.1, 0.15) is 12.3 Å². The van der Waals surface area contributed by atoms with Gasteiger partial charge in [0.25, 0.3) is 5.91 Å². The lowest BCUT2D eigenvalue weighted by molar-refractivity contribution is -0.131. The average molecular weight is 525 g/mol. The molecule has 1 N–H and O–H groups in total. The highest BCUT2D eigenvalue weighted by Gasteiger charge is 2.50. The number of hydrogen-bond donors (Lipinski definition) is 1. The van der Waals surface area contributed by atoms with Crippen LogP contribution in [0.5, 0.6) is 5.75 Å². The third-order valence-corrected chi connectivity index (χ3v) is 8.57. The van der Waals surface area contributed by atoms with E-state index in [1.54, 1.807) is 36.3 Å². The van der Waals surface area contributed by atoms with E-state index in [9.17, 15) is 14.4 Å². The van der Waals surface area contributed by atoms with E-state index >= 15 is 0 Å². The molecule has 9 heteroatoms. The minimum Gasteiger partial charge on any atom is -0.497 e. The summed E-state index contributed by atoms with van der Waals surface area (Å²) in [4.78, 5) is 47.2. The number of thiazole rings is 1. The molecule has 3 aliphatic rings. The molecule has 3 amide bonds. The molecule has 3 fully saturated rings. The monoisotopic (exact) mass is 524 g/mol. The summed E-state index contributed by atoms with van der Waals surface area (Å²) in [5.41, 5.74) is 1.65. The SMILES string of the molecule is COc1ccc(C(=O)N(CC(=O)Nc2nc(CC(=O)N3CC4(C)CC3CC(C)(C)C4)cs2)C2CC2)cc1. The van der Waals surface area contributed by atoms with Crippen molar-refractivity contribution in [1.29, 1.82) is 0 Å². The highest BCUT2D eigenvalue weighted by molar-refractivity contribution is 7.13. The molecule has 198 valence electrons. The smallest absolute Gasteiger partial charge is 0.254 e. The van der Waals surface area contributed by atoms with Gasteiger partial charge in [-0.15, -0.1) is 11.3 Å². The van der Waals surface area contributed by atoms with Crippen molar-refractivity contribution in [1.82, 2.24) is 14.8 Å².